The average Bonchev–Trinajstić information content (AvgIpc) is 3.36. The number of alkyl halides is 7. The number of likely N-dealkylation sites (N-methyl/N-ethyl adjacent to an activating group) is 2. The standard InChI is InChI=1S/C28H29F8N3O4S/c1-37-23(40)14-39(15-24(41)38-2)22-11-12-25(44(42,43)19-7-5-18(29)6-8-19)20-10-4-17(13-16(20)3-9-21(22)25)26(30,27(31,32)33)28(34,35)36/h4-8,10,13,21-22H,3,9,11-12,14-15H2,1-2H3,(H,37,40)(H,38,41)/t21-,22+,25+/m0/s1. The number of nitrogens with zero attached hydrogens (tertiary/aromatic N) is 1. The average molecular weight is 656 g/mol. The predicted octanol–water partition coefficient (Wildman–Crippen LogP) is 4.30. The van der Waals surface area contributed by atoms with Crippen molar-refractivity contribution in [1.82, 2.24) is 15.5 Å². The molecule has 0 spiro atoms. The molecule has 0 heterocycles. The van der Waals surface area contributed by atoms with Gasteiger partial charge < -0.3 is 10.6 Å². The normalized spacial score (nSPS) is 22.3. The summed E-state index contributed by atoms with van der Waals surface area (Å²) in [6.07, 6.45) is -13.2. The molecule has 0 unspecified atom stereocenters. The number of halogens is 8. The van der Waals surface area contributed by atoms with E-state index in [2.05, 4.69) is 10.6 Å². The summed E-state index contributed by atoms with van der Waals surface area (Å²) in [6.45, 7) is -0.629. The molecule has 2 aliphatic rings. The summed E-state index contributed by atoms with van der Waals surface area (Å²) in [7, 11) is -1.84. The largest absolute Gasteiger partial charge is 0.435 e. The van der Waals surface area contributed by atoms with Crippen molar-refractivity contribution in [3.63, 3.8) is 0 Å². The highest BCUT2D eigenvalue weighted by atomic mass is 32.2. The van der Waals surface area contributed by atoms with Crippen LogP contribution in [0.15, 0.2) is 47.4 Å². The van der Waals surface area contributed by atoms with Crippen LogP contribution >= 0.6 is 0 Å². The van der Waals surface area contributed by atoms with Gasteiger partial charge in [0.2, 0.25) is 11.8 Å². The van der Waals surface area contributed by atoms with Gasteiger partial charge in [0, 0.05) is 25.7 Å². The number of hydrogen-bond acceptors (Lipinski definition) is 5. The highest BCUT2D eigenvalue weighted by molar-refractivity contribution is 7.92. The first kappa shape index (κ1) is 33.6. The fraction of sp³-hybridized carbons (Fsp3) is 0.500. The van der Waals surface area contributed by atoms with Crippen LogP contribution in [0.4, 0.5) is 35.1 Å². The number of sulfone groups is 1. The monoisotopic (exact) mass is 655 g/mol. The van der Waals surface area contributed by atoms with Gasteiger partial charge in [-0.2, -0.15) is 26.3 Å². The highest BCUT2D eigenvalue weighted by Gasteiger charge is 2.74. The summed E-state index contributed by atoms with van der Waals surface area (Å²) < 4.78 is 137. The number of aryl methyl sites for hydroxylation is 1. The van der Waals surface area contributed by atoms with E-state index in [9.17, 15) is 53.1 Å². The van der Waals surface area contributed by atoms with Crippen LogP contribution in [0.2, 0.25) is 0 Å². The maximum Gasteiger partial charge on any atom is 0.435 e. The molecule has 2 aromatic rings. The molecule has 2 aromatic carbocycles. The quantitative estimate of drug-likeness (QED) is 0.327. The Morgan fingerprint density at radius 2 is 1.43 bits per heavy atom. The van der Waals surface area contributed by atoms with Gasteiger partial charge in [0.1, 0.15) is 10.6 Å². The van der Waals surface area contributed by atoms with Gasteiger partial charge in [-0.05, 0) is 67.0 Å². The number of rotatable bonds is 8. The number of amides is 2. The van der Waals surface area contributed by atoms with Gasteiger partial charge in [-0.25, -0.2) is 17.2 Å². The van der Waals surface area contributed by atoms with Gasteiger partial charge in [-0.15, -0.1) is 0 Å². The molecule has 0 bridgehead atoms. The number of fused-ring (bicyclic) bond motifs is 3. The second kappa shape index (κ2) is 11.6. The molecule has 1 fully saturated rings. The zero-order chi connectivity index (χ0) is 32.9. The minimum absolute atomic E-state index is 0.0679. The second-order valence-electron chi connectivity index (χ2n) is 10.9. The van der Waals surface area contributed by atoms with Crippen molar-refractivity contribution in [3.05, 3.63) is 65.0 Å². The molecule has 44 heavy (non-hydrogen) atoms. The summed E-state index contributed by atoms with van der Waals surface area (Å²) in [5, 5.41) is 4.86. The zero-order valence-corrected chi connectivity index (χ0v) is 24.3. The molecule has 0 radical (unpaired) electrons. The summed E-state index contributed by atoms with van der Waals surface area (Å²) in [5.41, 5.74) is -7.79. The molecule has 1 saturated carbocycles. The lowest BCUT2D eigenvalue weighted by Crippen LogP contribution is -2.53. The number of nitrogens with one attached hydrogen (secondary N) is 2. The lowest BCUT2D eigenvalue weighted by Gasteiger charge is -2.44. The van der Waals surface area contributed by atoms with Crippen molar-refractivity contribution in [1.29, 1.82) is 0 Å². The van der Waals surface area contributed by atoms with Gasteiger partial charge in [0.15, 0.2) is 9.84 Å². The van der Waals surface area contributed by atoms with Crippen molar-refractivity contribution >= 4 is 21.7 Å². The van der Waals surface area contributed by atoms with E-state index >= 15 is 0 Å². The topological polar surface area (TPSA) is 95.6 Å². The third-order valence-electron chi connectivity index (χ3n) is 8.66. The summed E-state index contributed by atoms with van der Waals surface area (Å²) in [4.78, 5) is 25.9. The minimum atomic E-state index is -6.37. The molecule has 2 amide bonds. The van der Waals surface area contributed by atoms with E-state index in [1.165, 1.54) is 19.0 Å². The van der Waals surface area contributed by atoms with Crippen LogP contribution in [-0.4, -0.2) is 70.7 Å². The first-order valence-corrected chi connectivity index (χ1v) is 14.9. The predicted molar refractivity (Wildman–Crippen MR) is 141 cm³/mol. The van der Waals surface area contributed by atoms with Crippen molar-refractivity contribution in [2.24, 2.45) is 5.92 Å². The lowest BCUT2D eigenvalue weighted by molar-refractivity contribution is -0.348. The van der Waals surface area contributed by atoms with Crippen LogP contribution < -0.4 is 10.6 Å². The summed E-state index contributed by atoms with van der Waals surface area (Å²) in [5.74, 6) is -2.65. The summed E-state index contributed by atoms with van der Waals surface area (Å²) in [6, 6.07) is 4.53. The molecule has 0 aliphatic heterocycles. The third kappa shape index (κ3) is 5.33. The van der Waals surface area contributed by atoms with E-state index < -0.39 is 67.8 Å². The maximum absolute atomic E-state index is 15.0. The van der Waals surface area contributed by atoms with Gasteiger partial charge in [-0.3, -0.25) is 14.5 Å². The Kier molecular flexibility index (Phi) is 8.85. The Morgan fingerprint density at radius 1 is 0.886 bits per heavy atom. The van der Waals surface area contributed by atoms with E-state index in [0.717, 1.165) is 30.3 Å². The molecule has 0 aromatic heterocycles. The van der Waals surface area contributed by atoms with Crippen molar-refractivity contribution in [3.8, 4) is 0 Å². The van der Waals surface area contributed by atoms with Crippen LogP contribution in [-0.2, 0) is 36.3 Å². The van der Waals surface area contributed by atoms with E-state index in [1.54, 1.807) is 0 Å². The number of carbonyl (C=O) groups is 2. The van der Waals surface area contributed by atoms with E-state index in [1.807, 2.05) is 0 Å². The highest BCUT2D eigenvalue weighted by Crippen LogP contribution is 2.59. The smallest absolute Gasteiger partial charge is 0.358 e. The Hall–Kier alpha value is -3.27. The van der Waals surface area contributed by atoms with E-state index in [0.29, 0.717) is 12.1 Å². The number of carbonyl (C=O) groups excluding carboxylic acids is 2. The molecule has 7 nitrogen and oxygen atoms in total. The Balaban J connectivity index is 1.94. The molecular formula is C28H29F8N3O4S. The number of benzene rings is 2. The molecular weight excluding hydrogens is 626 g/mol. The van der Waals surface area contributed by atoms with Crippen LogP contribution in [0, 0.1) is 11.7 Å². The summed E-state index contributed by atoms with van der Waals surface area (Å²) >= 11 is 0. The van der Waals surface area contributed by atoms with Crippen molar-refractivity contribution < 1.29 is 53.1 Å². The van der Waals surface area contributed by atoms with Crippen LogP contribution in [0.5, 0.6) is 0 Å². The maximum atomic E-state index is 15.0. The van der Waals surface area contributed by atoms with Crippen LogP contribution in [0.25, 0.3) is 0 Å². The van der Waals surface area contributed by atoms with Gasteiger partial charge in [0.25, 0.3) is 0 Å². The van der Waals surface area contributed by atoms with Gasteiger partial charge in [0.05, 0.1) is 18.0 Å². The van der Waals surface area contributed by atoms with Crippen molar-refractivity contribution in [2.75, 3.05) is 27.2 Å². The minimum Gasteiger partial charge on any atom is -0.358 e. The van der Waals surface area contributed by atoms with Crippen LogP contribution in [0.1, 0.15) is 36.0 Å². The first-order chi connectivity index (χ1) is 20.3. The zero-order valence-electron chi connectivity index (χ0n) is 23.5. The van der Waals surface area contributed by atoms with E-state index in [-0.39, 0.29) is 54.8 Å². The second-order valence-corrected chi connectivity index (χ2v) is 13.1. The molecule has 16 heteroatoms. The SMILES string of the molecule is CNC(=O)CN(CC(=O)NC)[C@@H]1CC[C@@]2(S(=O)(=O)c3ccc(F)cc3)c3ccc(C(F)(C(F)(F)F)C(F)(F)F)cc3CC[C@@H]12. The van der Waals surface area contributed by atoms with Gasteiger partial charge in [-0.1, -0.05) is 18.2 Å². The molecule has 4 rings (SSSR count). The third-order valence-corrected chi connectivity index (χ3v) is 11.2. The Labute approximate surface area is 247 Å². The fourth-order valence-corrected chi connectivity index (χ4v) is 9.07. The Bertz CT molecular complexity index is 1500. The van der Waals surface area contributed by atoms with E-state index in [4.69, 9.17) is 0 Å². The molecule has 0 saturated heterocycles. The fourth-order valence-electron chi connectivity index (χ4n) is 6.60. The molecule has 2 aliphatic carbocycles. The number of hydrogen-bond donors (Lipinski definition) is 2. The van der Waals surface area contributed by atoms with Crippen LogP contribution in [0.3, 0.4) is 0 Å². The molecule has 2 N–H and O–H groups in total. The van der Waals surface area contributed by atoms with Crippen molar-refractivity contribution in [2.45, 2.75) is 59.4 Å². The Morgan fingerprint density at radius 3 is 1.93 bits per heavy atom. The lowest BCUT2D eigenvalue weighted by atomic mass is 9.73. The van der Waals surface area contributed by atoms with Gasteiger partial charge >= 0.3 is 18.0 Å². The first-order valence-electron chi connectivity index (χ1n) is 13.5. The molecule has 242 valence electrons. The molecule has 3 atom stereocenters.